The lowest BCUT2D eigenvalue weighted by molar-refractivity contribution is -0.146. The van der Waals surface area contributed by atoms with Crippen molar-refractivity contribution in [3.8, 4) is 0 Å². The van der Waals surface area contributed by atoms with E-state index in [1.807, 2.05) is 12.1 Å². The van der Waals surface area contributed by atoms with E-state index in [1.165, 1.54) is 11.1 Å². The normalized spacial score (nSPS) is 28.7. The van der Waals surface area contributed by atoms with Crippen molar-refractivity contribution in [2.45, 2.75) is 81.4 Å². The highest BCUT2D eigenvalue weighted by Crippen LogP contribution is 2.35. The van der Waals surface area contributed by atoms with Crippen molar-refractivity contribution in [3.63, 3.8) is 0 Å². The molecule has 2 unspecified atom stereocenters. The number of hydrogen-bond acceptors (Lipinski definition) is 5. The summed E-state index contributed by atoms with van der Waals surface area (Å²) in [6.07, 6.45) is 6.07. The van der Waals surface area contributed by atoms with Crippen LogP contribution < -0.4 is 16.0 Å². The number of carbonyl (C=O) groups excluding carboxylic acids is 3. The van der Waals surface area contributed by atoms with Crippen molar-refractivity contribution in [1.29, 1.82) is 0 Å². The first kappa shape index (κ1) is 23.1. The van der Waals surface area contributed by atoms with Gasteiger partial charge in [-0.2, -0.15) is 0 Å². The van der Waals surface area contributed by atoms with E-state index >= 15 is 0 Å². The molecule has 32 heavy (non-hydrogen) atoms. The van der Waals surface area contributed by atoms with E-state index in [0.717, 1.165) is 37.9 Å². The highest BCUT2D eigenvalue weighted by Gasteiger charge is 2.43. The van der Waals surface area contributed by atoms with E-state index in [1.54, 1.807) is 30.6 Å². The summed E-state index contributed by atoms with van der Waals surface area (Å²) >= 11 is 1.73. The van der Waals surface area contributed by atoms with Crippen LogP contribution in [0.3, 0.4) is 0 Å². The SMILES string of the molecule is CNC(C)C(=O)N[C@H]1CCS[C@H]2CCCC(C(=O)N[C@@H]3CCCc4ccccc43)N2C1=O. The number of thioether (sulfide) groups is 1. The third-order valence-corrected chi connectivity index (χ3v) is 8.29. The topological polar surface area (TPSA) is 90.5 Å². The van der Waals surface area contributed by atoms with Gasteiger partial charge in [-0.05, 0) is 75.8 Å². The molecule has 8 heteroatoms. The molecule has 0 radical (unpaired) electrons. The zero-order valence-electron chi connectivity index (χ0n) is 18.9. The molecule has 7 nitrogen and oxygen atoms in total. The lowest BCUT2D eigenvalue weighted by Gasteiger charge is -2.41. The first-order valence-electron chi connectivity index (χ1n) is 11.8. The molecule has 0 aromatic heterocycles. The lowest BCUT2D eigenvalue weighted by atomic mass is 9.87. The van der Waals surface area contributed by atoms with Crippen LogP contribution in [0.25, 0.3) is 0 Å². The van der Waals surface area contributed by atoms with Gasteiger partial charge in [0.25, 0.3) is 0 Å². The molecular formula is C24H34N4O3S. The van der Waals surface area contributed by atoms with Crippen LogP contribution in [0.4, 0.5) is 0 Å². The summed E-state index contributed by atoms with van der Waals surface area (Å²) in [5.74, 6) is 0.406. The van der Waals surface area contributed by atoms with Gasteiger partial charge in [-0.15, -0.1) is 11.8 Å². The van der Waals surface area contributed by atoms with E-state index in [9.17, 15) is 14.4 Å². The first-order chi connectivity index (χ1) is 15.5. The van der Waals surface area contributed by atoms with Crippen molar-refractivity contribution in [2.75, 3.05) is 12.8 Å². The summed E-state index contributed by atoms with van der Waals surface area (Å²) < 4.78 is 0. The summed E-state index contributed by atoms with van der Waals surface area (Å²) in [5.41, 5.74) is 2.50. The van der Waals surface area contributed by atoms with Crippen LogP contribution in [0.2, 0.25) is 0 Å². The molecule has 1 aliphatic carbocycles. The number of amides is 3. The van der Waals surface area contributed by atoms with Gasteiger partial charge in [-0.1, -0.05) is 24.3 Å². The maximum atomic E-state index is 13.5. The van der Waals surface area contributed by atoms with Gasteiger partial charge in [-0.25, -0.2) is 0 Å². The fourth-order valence-corrected chi connectivity index (χ4v) is 6.43. The van der Waals surface area contributed by atoms with Crippen molar-refractivity contribution < 1.29 is 14.4 Å². The Morgan fingerprint density at radius 3 is 2.69 bits per heavy atom. The second kappa shape index (κ2) is 10.3. The highest BCUT2D eigenvalue weighted by molar-refractivity contribution is 7.99. The average Bonchev–Trinajstić information content (AvgIpc) is 2.97. The average molecular weight is 459 g/mol. The van der Waals surface area contributed by atoms with E-state index in [0.29, 0.717) is 12.8 Å². The largest absolute Gasteiger partial charge is 0.347 e. The van der Waals surface area contributed by atoms with Crippen LogP contribution in [0.15, 0.2) is 24.3 Å². The summed E-state index contributed by atoms with van der Waals surface area (Å²) in [4.78, 5) is 41.2. The predicted octanol–water partition coefficient (Wildman–Crippen LogP) is 2.12. The molecule has 2 heterocycles. The van der Waals surface area contributed by atoms with E-state index < -0.39 is 12.1 Å². The fourth-order valence-electron chi connectivity index (χ4n) is 5.04. The molecule has 3 amide bonds. The van der Waals surface area contributed by atoms with Gasteiger partial charge in [0.05, 0.1) is 17.5 Å². The van der Waals surface area contributed by atoms with Crippen molar-refractivity contribution in [1.82, 2.24) is 20.9 Å². The Hall–Kier alpha value is -2.06. The van der Waals surface area contributed by atoms with E-state index in [2.05, 4.69) is 28.1 Å². The number of hydrogen-bond donors (Lipinski definition) is 3. The number of piperidine rings is 1. The Kier molecular flexibility index (Phi) is 7.40. The maximum absolute atomic E-state index is 13.5. The zero-order chi connectivity index (χ0) is 22.7. The minimum atomic E-state index is -0.584. The Labute approximate surface area is 194 Å². The van der Waals surface area contributed by atoms with Crippen LogP contribution in [-0.4, -0.2) is 58.9 Å². The second-order valence-corrected chi connectivity index (χ2v) is 10.3. The van der Waals surface area contributed by atoms with Gasteiger partial charge < -0.3 is 20.9 Å². The Morgan fingerprint density at radius 2 is 1.88 bits per heavy atom. The minimum Gasteiger partial charge on any atom is -0.347 e. The minimum absolute atomic E-state index is 0.00506. The molecule has 3 N–H and O–H groups in total. The zero-order valence-corrected chi connectivity index (χ0v) is 19.7. The van der Waals surface area contributed by atoms with Crippen LogP contribution in [0, 0.1) is 0 Å². The van der Waals surface area contributed by atoms with Crippen LogP contribution in [0.5, 0.6) is 0 Å². The van der Waals surface area contributed by atoms with Gasteiger partial charge in [0.2, 0.25) is 17.7 Å². The summed E-state index contributed by atoms with van der Waals surface area (Å²) in [5, 5.41) is 9.08. The molecule has 1 aromatic carbocycles. The number of nitrogens with one attached hydrogen (secondary N) is 3. The maximum Gasteiger partial charge on any atom is 0.246 e. The summed E-state index contributed by atoms with van der Waals surface area (Å²) in [6, 6.07) is 6.86. The number of nitrogens with zero attached hydrogens (tertiary/aromatic N) is 1. The lowest BCUT2D eigenvalue weighted by Crippen LogP contribution is -2.60. The molecule has 2 saturated heterocycles. The number of likely N-dealkylation sites (N-methyl/N-ethyl adjacent to an activating group) is 1. The van der Waals surface area contributed by atoms with E-state index in [-0.39, 0.29) is 35.2 Å². The number of rotatable bonds is 5. The summed E-state index contributed by atoms with van der Waals surface area (Å²) in [7, 11) is 1.72. The number of benzene rings is 1. The van der Waals surface area contributed by atoms with Crippen molar-refractivity contribution >= 4 is 29.5 Å². The molecule has 0 bridgehead atoms. The highest BCUT2D eigenvalue weighted by atomic mass is 32.2. The standard InChI is InChI=1S/C24H34N4O3S/c1-15(25-2)22(29)27-19-13-14-32-21-12-6-11-20(28(21)24(19)31)23(30)26-18-10-5-8-16-7-3-4-9-17(16)18/h3-4,7,9,15,18-21,25H,5-6,8,10-14H2,1-2H3,(H,26,30)(H,27,29)/t15?,18-,19+,20?,21+/m1/s1. The molecule has 0 saturated carbocycles. The Balaban J connectivity index is 1.50. The van der Waals surface area contributed by atoms with Gasteiger partial charge in [0, 0.05) is 0 Å². The molecule has 1 aromatic rings. The molecule has 3 aliphatic rings. The number of aryl methyl sites for hydroxylation is 1. The van der Waals surface area contributed by atoms with Crippen LogP contribution in [0.1, 0.15) is 62.6 Å². The third-order valence-electron chi connectivity index (χ3n) is 6.98. The monoisotopic (exact) mass is 458 g/mol. The predicted molar refractivity (Wildman–Crippen MR) is 126 cm³/mol. The van der Waals surface area contributed by atoms with Crippen LogP contribution in [-0.2, 0) is 20.8 Å². The first-order valence-corrected chi connectivity index (χ1v) is 12.8. The number of fused-ring (bicyclic) bond motifs is 2. The van der Waals surface area contributed by atoms with Gasteiger partial charge >= 0.3 is 0 Å². The van der Waals surface area contributed by atoms with Gasteiger partial charge in [-0.3, -0.25) is 14.4 Å². The molecule has 174 valence electrons. The third kappa shape index (κ3) is 4.81. The number of carbonyl (C=O) groups is 3. The smallest absolute Gasteiger partial charge is 0.246 e. The van der Waals surface area contributed by atoms with E-state index in [4.69, 9.17) is 0 Å². The summed E-state index contributed by atoms with van der Waals surface area (Å²) in [6.45, 7) is 1.77. The Bertz CT molecular complexity index is 863. The van der Waals surface area contributed by atoms with Crippen LogP contribution >= 0.6 is 11.8 Å². The van der Waals surface area contributed by atoms with Gasteiger partial charge in [0.1, 0.15) is 12.1 Å². The Morgan fingerprint density at radius 1 is 1.06 bits per heavy atom. The molecule has 2 fully saturated rings. The quantitative estimate of drug-likeness (QED) is 0.629. The second-order valence-electron chi connectivity index (χ2n) is 9.03. The van der Waals surface area contributed by atoms with Gasteiger partial charge in [0.15, 0.2) is 0 Å². The fraction of sp³-hybridized carbons (Fsp3) is 0.625. The molecule has 4 rings (SSSR count). The molecule has 2 aliphatic heterocycles. The van der Waals surface area contributed by atoms with Crippen molar-refractivity contribution in [2.24, 2.45) is 0 Å². The molecule has 0 spiro atoms. The van der Waals surface area contributed by atoms with Crippen molar-refractivity contribution in [3.05, 3.63) is 35.4 Å². The molecular weight excluding hydrogens is 424 g/mol. The molecule has 5 atom stereocenters.